The maximum Gasteiger partial charge on any atom is -0.00998 e. The maximum absolute atomic E-state index is 4.66. The predicted octanol–water partition coefficient (Wildman–Crippen LogP) is 7.83. The number of rotatable bonds is 10. The Bertz CT molecular complexity index is 516. The molecule has 2 rings (SSSR count). The molecule has 0 radical (unpaired) electrons. The second kappa shape index (κ2) is 7.85. The predicted molar refractivity (Wildman–Crippen MR) is 113 cm³/mol. The zero-order valence-corrected chi connectivity index (χ0v) is 17.8. The zero-order valence-electron chi connectivity index (χ0n) is 17.8. The van der Waals surface area contributed by atoms with Crippen LogP contribution >= 0.6 is 0 Å². The molecular weight excluding hydrogens is 300 g/mol. The SMILES string of the molecule is C=C(C)C(=C)C(CC1CCC1)C(C)C(=C)C(CC)C1C(CC)C1(C)C. The molecule has 2 aliphatic carbocycles. The Kier molecular flexibility index (Phi) is 6.45. The first kappa shape index (κ1) is 20.5. The summed E-state index contributed by atoms with van der Waals surface area (Å²) >= 11 is 0. The van der Waals surface area contributed by atoms with Crippen molar-refractivity contribution in [3.63, 3.8) is 0 Å². The summed E-state index contributed by atoms with van der Waals surface area (Å²) in [5.74, 6) is 4.31. The van der Waals surface area contributed by atoms with Crippen LogP contribution in [0.25, 0.3) is 0 Å². The van der Waals surface area contributed by atoms with Crippen LogP contribution in [0.3, 0.4) is 0 Å². The van der Waals surface area contributed by atoms with E-state index in [1.54, 1.807) is 0 Å². The van der Waals surface area contributed by atoms with Crippen LogP contribution in [0.2, 0.25) is 0 Å². The van der Waals surface area contributed by atoms with Crippen LogP contribution in [0.4, 0.5) is 0 Å². The Hall–Kier alpha value is -0.780. The Morgan fingerprint density at radius 1 is 1.12 bits per heavy atom. The first-order valence-corrected chi connectivity index (χ1v) is 10.7. The summed E-state index contributed by atoms with van der Waals surface area (Å²) in [6, 6.07) is 0. The maximum atomic E-state index is 4.66. The molecule has 5 atom stereocenters. The van der Waals surface area contributed by atoms with Crippen LogP contribution in [0.1, 0.15) is 80.1 Å². The summed E-state index contributed by atoms with van der Waals surface area (Å²) < 4.78 is 0. The molecule has 25 heavy (non-hydrogen) atoms. The van der Waals surface area contributed by atoms with Crippen LogP contribution in [0.15, 0.2) is 36.5 Å². The van der Waals surface area contributed by atoms with Crippen molar-refractivity contribution in [3.8, 4) is 0 Å². The highest BCUT2D eigenvalue weighted by molar-refractivity contribution is 5.29. The number of allylic oxidation sites excluding steroid dienone is 3. The monoisotopic (exact) mass is 342 g/mol. The average molecular weight is 343 g/mol. The Balaban J connectivity index is 2.15. The van der Waals surface area contributed by atoms with E-state index in [9.17, 15) is 0 Å². The molecule has 0 heteroatoms. The van der Waals surface area contributed by atoms with Gasteiger partial charge in [-0.05, 0) is 66.3 Å². The second-order valence-electron chi connectivity index (χ2n) is 9.68. The van der Waals surface area contributed by atoms with Crippen molar-refractivity contribution in [3.05, 3.63) is 36.5 Å². The van der Waals surface area contributed by atoms with Crippen LogP contribution in [-0.2, 0) is 0 Å². The van der Waals surface area contributed by atoms with Crippen molar-refractivity contribution < 1.29 is 0 Å². The quantitative estimate of drug-likeness (QED) is 0.280. The van der Waals surface area contributed by atoms with Crippen molar-refractivity contribution >= 4 is 0 Å². The molecule has 0 saturated heterocycles. The lowest BCUT2D eigenvalue weighted by atomic mass is 9.68. The number of hydrogen-bond acceptors (Lipinski definition) is 0. The molecule has 2 fully saturated rings. The van der Waals surface area contributed by atoms with Gasteiger partial charge in [-0.2, -0.15) is 0 Å². The minimum absolute atomic E-state index is 0.493. The molecule has 142 valence electrons. The zero-order chi connectivity index (χ0) is 18.9. The van der Waals surface area contributed by atoms with Crippen LogP contribution < -0.4 is 0 Å². The highest BCUT2D eigenvalue weighted by Gasteiger charge is 2.59. The Morgan fingerprint density at radius 2 is 1.72 bits per heavy atom. The third-order valence-corrected chi connectivity index (χ3v) is 7.92. The summed E-state index contributed by atoms with van der Waals surface area (Å²) in [6.07, 6.45) is 8.04. The van der Waals surface area contributed by atoms with Crippen LogP contribution in [-0.4, -0.2) is 0 Å². The standard InChI is InChI=1S/C25H42/c1-10-21(24-23(11-2)25(24,8)9)18(6)19(7)22(17(5)16(3)4)15-20-13-12-14-20/h19-24H,3,5-6,10-15H2,1-2,4,7-9H3. The third-order valence-electron chi connectivity index (χ3n) is 7.92. The van der Waals surface area contributed by atoms with Gasteiger partial charge < -0.3 is 0 Å². The fourth-order valence-corrected chi connectivity index (χ4v) is 5.76. The topological polar surface area (TPSA) is 0 Å². The minimum atomic E-state index is 0.493. The van der Waals surface area contributed by atoms with Gasteiger partial charge in [0.15, 0.2) is 0 Å². The van der Waals surface area contributed by atoms with Gasteiger partial charge in [0.05, 0.1) is 0 Å². The van der Waals surface area contributed by atoms with Crippen molar-refractivity contribution in [2.24, 2.45) is 40.9 Å². The largest absolute Gasteiger partial charge is 0.0993 e. The first-order valence-electron chi connectivity index (χ1n) is 10.7. The van der Waals surface area contributed by atoms with E-state index in [0.29, 0.717) is 23.2 Å². The third kappa shape index (κ3) is 3.99. The number of hydrogen-bond donors (Lipinski definition) is 0. The van der Waals surface area contributed by atoms with Gasteiger partial charge in [0, 0.05) is 0 Å². The summed E-state index contributed by atoms with van der Waals surface area (Å²) in [5.41, 5.74) is 4.42. The van der Waals surface area contributed by atoms with E-state index in [1.165, 1.54) is 49.7 Å². The molecular formula is C25H42. The molecule has 0 heterocycles. The molecule has 0 aliphatic heterocycles. The second-order valence-corrected chi connectivity index (χ2v) is 9.68. The lowest BCUT2D eigenvalue weighted by Gasteiger charge is -2.37. The van der Waals surface area contributed by atoms with Crippen molar-refractivity contribution in [2.75, 3.05) is 0 Å². The van der Waals surface area contributed by atoms with E-state index in [2.05, 4.69) is 61.3 Å². The van der Waals surface area contributed by atoms with Gasteiger partial charge in [-0.25, -0.2) is 0 Å². The van der Waals surface area contributed by atoms with Crippen molar-refractivity contribution in [1.82, 2.24) is 0 Å². The molecule has 5 unspecified atom stereocenters. The summed E-state index contributed by atoms with van der Waals surface area (Å²) in [6.45, 7) is 27.5. The van der Waals surface area contributed by atoms with Gasteiger partial charge in [0.1, 0.15) is 0 Å². The molecule has 0 amide bonds. The van der Waals surface area contributed by atoms with E-state index in [0.717, 1.165) is 23.3 Å². The van der Waals surface area contributed by atoms with Gasteiger partial charge in [-0.3, -0.25) is 0 Å². The van der Waals surface area contributed by atoms with E-state index in [4.69, 9.17) is 0 Å². The minimum Gasteiger partial charge on any atom is -0.0993 e. The molecule has 0 N–H and O–H groups in total. The Morgan fingerprint density at radius 3 is 2.08 bits per heavy atom. The lowest BCUT2D eigenvalue weighted by Crippen LogP contribution is -2.26. The van der Waals surface area contributed by atoms with Gasteiger partial charge in [-0.15, -0.1) is 0 Å². The molecule has 0 spiro atoms. The lowest BCUT2D eigenvalue weighted by molar-refractivity contribution is 0.235. The van der Waals surface area contributed by atoms with Gasteiger partial charge in [0.25, 0.3) is 0 Å². The molecule has 0 nitrogen and oxygen atoms in total. The van der Waals surface area contributed by atoms with Crippen molar-refractivity contribution in [2.45, 2.75) is 80.1 Å². The molecule has 0 aromatic rings. The van der Waals surface area contributed by atoms with E-state index in [1.807, 2.05) is 0 Å². The Labute approximate surface area is 157 Å². The van der Waals surface area contributed by atoms with E-state index >= 15 is 0 Å². The normalized spacial score (nSPS) is 28.6. The van der Waals surface area contributed by atoms with E-state index in [-0.39, 0.29) is 0 Å². The average Bonchev–Trinajstić information content (AvgIpc) is 3.06. The van der Waals surface area contributed by atoms with Gasteiger partial charge in [-0.1, -0.05) is 91.2 Å². The van der Waals surface area contributed by atoms with Gasteiger partial charge >= 0.3 is 0 Å². The highest BCUT2D eigenvalue weighted by atomic mass is 14.6. The summed E-state index contributed by atoms with van der Waals surface area (Å²) in [5, 5.41) is 0. The smallest absolute Gasteiger partial charge is 0.00998 e. The first-order chi connectivity index (χ1) is 11.7. The molecule has 0 bridgehead atoms. The van der Waals surface area contributed by atoms with Crippen LogP contribution in [0, 0.1) is 40.9 Å². The van der Waals surface area contributed by atoms with E-state index < -0.39 is 0 Å². The summed E-state index contributed by atoms with van der Waals surface area (Å²) in [4.78, 5) is 0. The van der Waals surface area contributed by atoms with Crippen LogP contribution in [0.5, 0.6) is 0 Å². The highest BCUT2D eigenvalue weighted by Crippen LogP contribution is 2.65. The molecule has 0 aromatic heterocycles. The molecule has 2 saturated carbocycles. The molecule has 2 aliphatic rings. The summed E-state index contributed by atoms with van der Waals surface area (Å²) in [7, 11) is 0. The fraction of sp³-hybridized carbons (Fsp3) is 0.760. The van der Waals surface area contributed by atoms with Crippen molar-refractivity contribution in [1.29, 1.82) is 0 Å². The fourth-order valence-electron chi connectivity index (χ4n) is 5.76. The van der Waals surface area contributed by atoms with Gasteiger partial charge in [0.2, 0.25) is 0 Å². The molecule has 0 aromatic carbocycles.